The average Bonchev–Trinajstić information content (AvgIpc) is 2.81. The zero-order chi connectivity index (χ0) is 12.3. The number of thiophene rings is 1. The lowest BCUT2D eigenvalue weighted by Gasteiger charge is -2.32. The normalized spacial score (nSPS) is 21.4. The summed E-state index contributed by atoms with van der Waals surface area (Å²) in [5.74, 6) is 0.472. The van der Waals surface area contributed by atoms with Crippen molar-refractivity contribution in [3.05, 3.63) is 22.4 Å². The van der Waals surface area contributed by atoms with Gasteiger partial charge in [0.25, 0.3) is 0 Å². The zero-order valence-electron chi connectivity index (χ0n) is 10.6. The van der Waals surface area contributed by atoms with Gasteiger partial charge in [-0.05, 0) is 30.8 Å². The van der Waals surface area contributed by atoms with Crippen LogP contribution in [0.15, 0.2) is 17.5 Å². The summed E-state index contributed by atoms with van der Waals surface area (Å²) in [5, 5.41) is 2.11. The van der Waals surface area contributed by atoms with Gasteiger partial charge in [0.15, 0.2) is 0 Å². The van der Waals surface area contributed by atoms with E-state index in [1.54, 1.807) is 16.2 Å². The zero-order valence-corrected chi connectivity index (χ0v) is 11.4. The molecule has 0 spiro atoms. The smallest absolute Gasteiger partial charge is 0.226 e. The molecule has 17 heavy (non-hydrogen) atoms. The molecule has 1 fully saturated rings. The maximum Gasteiger partial charge on any atom is 0.226 e. The predicted molar refractivity (Wildman–Crippen MR) is 71.0 cm³/mol. The Morgan fingerprint density at radius 3 is 3.06 bits per heavy atom. The fraction of sp³-hybridized carbons (Fsp3) is 0.615. The van der Waals surface area contributed by atoms with Crippen molar-refractivity contribution >= 4 is 17.2 Å². The van der Waals surface area contributed by atoms with Gasteiger partial charge in [-0.3, -0.25) is 9.69 Å². The quantitative estimate of drug-likeness (QED) is 0.822. The second-order valence-electron chi connectivity index (χ2n) is 4.89. The van der Waals surface area contributed by atoms with E-state index in [0.29, 0.717) is 0 Å². The Hall–Kier alpha value is -0.870. The first kappa shape index (κ1) is 12.6. The maximum absolute atomic E-state index is 11.9. The lowest BCUT2D eigenvalue weighted by molar-refractivity contribution is -0.134. The second kappa shape index (κ2) is 5.65. The molecule has 0 saturated carbocycles. The molecule has 0 N–H and O–H groups in total. The van der Waals surface area contributed by atoms with E-state index < -0.39 is 0 Å². The molecule has 1 aliphatic rings. The number of rotatable bonds is 3. The highest BCUT2D eigenvalue weighted by Gasteiger charge is 2.26. The monoisotopic (exact) mass is 252 g/mol. The Bertz CT molecular complexity index is 362. The van der Waals surface area contributed by atoms with Crippen molar-refractivity contribution < 1.29 is 4.79 Å². The Morgan fingerprint density at radius 1 is 1.59 bits per heavy atom. The van der Waals surface area contributed by atoms with E-state index in [0.717, 1.165) is 32.5 Å². The van der Waals surface area contributed by atoms with Crippen LogP contribution in [0, 0.1) is 5.92 Å². The Balaban J connectivity index is 1.91. The van der Waals surface area contributed by atoms with E-state index in [-0.39, 0.29) is 11.8 Å². The molecule has 1 aromatic heterocycles. The molecule has 3 nitrogen and oxygen atoms in total. The number of piperidine rings is 1. The van der Waals surface area contributed by atoms with Crippen molar-refractivity contribution in [3.63, 3.8) is 0 Å². The Kier molecular flexibility index (Phi) is 4.18. The van der Waals surface area contributed by atoms with Gasteiger partial charge in [-0.1, -0.05) is 6.07 Å². The van der Waals surface area contributed by atoms with Crippen LogP contribution < -0.4 is 0 Å². The molecule has 0 unspecified atom stereocenters. The first-order valence-electron chi connectivity index (χ1n) is 6.12. The van der Waals surface area contributed by atoms with Gasteiger partial charge < -0.3 is 4.90 Å². The van der Waals surface area contributed by atoms with Crippen LogP contribution in [0.25, 0.3) is 0 Å². The van der Waals surface area contributed by atoms with E-state index in [4.69, 9.17) is 0 Å². The molecule has 1 atom stereocenters. The number of carbonyl (C=O) groups is 1. The average molecular weight is 252 g/mol. The van der Waals surface area contributed by atoms with Gasteiger partial charge in [0.1, 0.15) is 0 Å². The summed E-state index contributed by atoms with van der Waals surface area (Å²) in [7, 11) is 3.70. The highest BCUT2D eigenvalue weighted by Crippen LogP contribution is 2.21. The van der Waals surface area contributed by atoms with Crippen LogP contribution in [0.1, 0.15) is 17.7 Å². The minimum Gasteiger partial charge on any atom is -0.349 e. The number of carbonyl (C=O) groups excluding carboxylic acids is 1. The summed E-state index contributed by atoms with van der Waals surface area (Å²) in [6.45, 7) is 3.03. The number of hydrogen-bond donors (Lipinski definition) is 0. The molecule has 1 aromatic rings. The summed E-state index contributed by atoms with van der Waals surface area (Å²) in [6, 6.07) is 4.26. The van der Waals surface area contributed by atoms with Crippen LogP contribution in [-0.4, -0.2) is 42.9 Å². The summed E-state index contributed by atoms with van der Waals surface area (Å²) in [5.41, 5.74) is 0. The standard InChI is InChI=1S/C13H20N2OS/c1-14(2)13(16)11-5-3-7-15(9-11)10-12-6-4-8-17-12/h4,6,8,11H,3,5,7,9-10H2,1-2H3/t11-/m0/s1. The molecule has 94 valence electrons. The molecule has 2 rings (SSSR count). The topological polar surface area (TPSA) is 23.6 Å². The highest BCUT2D eigenvalue weighted by molar-refractivity contribution is 7.09. The molecule has 4 heteroatoms. The molecule has 1 saturated heterocycles. The molecular formula is C13H20N2OS. The summed E-state index contributed by atoms with van der Waals surface area (Å²) in [4.78, 5) is 17.5. The van der Waals surface area contributed by atoms with Crippen LogP contribution in [0.2, 0.25) is 0 Å². The van der Waals surface area contributed by atoms with Gasteiger partial charge in [-0.25, -0.2) is 0 Å². The number of hydrogen-bond acceptors (Lipinski definition) is 3. The maximum atomic E-state index is 11.9. The van der Waals surface area contributed by atoms with Crippen LogP contribution in [0.3, 0.4) is 0 Å². The van der Waals surface area contributed by atoms with Gasteiger partial charge in [-0.2, -0.15) is 0 Å². The van der Waals surface area contributed by atoms with Crippen molar-refractivity contribution in [3.8, 4) is 0 Å². The Morgan fingerprint density at radius 2 is 2.41 bits per heavy atom. The number of likely N-dealkylation sites (tertiary alicyclic amines) is 1. The van der Waals surface area contributed by atoms with Gasteiger partial charge in [0.05, 0.1) is 5.92 Å². The van der Waals surface area contributed by atoms with Crippen molar-refractivity contribution in [1.82, 2.24) is 9.80 Å². The van der Waals surface area contributed by atoms with Gasteiger partial charge in [0.2, 0.25) is 5.91 Å². The summed E-state index contributed by atoms with van der Waals surface area (Å²) < 4.78 is 0. The van der Waals surface area contributed by atoms with Gasteiger partial charge >= 0.3 is 0 Å². The minimum absolute atomic E-state index is 0.193. The van der Waals surface area contributed by atoms with E-state index in [1.165, 1.54) is 4.88 Å². The SMILES string of the molecule is CN(C)C(=O)[C@H]1CCCN(Cc2cccs2)C1. The lowest BCUT2D eigenvalue weighted by Crippen LogP contribution is -2.42. The summed E-state index contributed by atoms with van der Waals surface area (Å²) in [6.07, 6.45) is 2.17. The first-order valence-corrected chi connectivity index (χ1v) is 7.00. The molecule has 0 radical (unpaired) electrons. The molecule has 1 aliphatic heterocycles. The third-order valence-corrected chi connectivity index (χ3v) is 4.12. The Labute approximate surface area is 107 Å². The van der Waals surface area contributed by atoms with Crippen LogP contribution in [-0.2, 0) is 11.3 Å². The summed E-state index contributed by atoms with van der Waals surface area (Å²) >= 11 is 1.80. The first-order chi connectivity index (χ1) is 8.16. The molecular weight excluding hydrogens is 232 g/mol. The lowest BCUT2D eigenvalue weighted by atomic mass is 9.97. The second-order valence-corrected chi connectivity index (χ2v) is 5.92. The number of amides is 1. The van der Waals surface area contributed by atoms with Crippen molar-refractivity contribution in [1.29, 1.82) is 0 Å². The number of nitrogens with zero attached hydrogens (tertiary/aromatic N) is 2. The molecule has 2 heterocycles. The molecule has 0 aliphatic carbocycles. The third kappa shape index (κ3) is 3.30. The van der Waals surface area contributed by atoms with Gasteiger partial charge in [0, 0.05) is 32.1 Å². The van der Waals surface area contributed by atoms with Crippen LogP contribution >= 0.6 is 11.3 Å². The van der Waals surface area contributed by atoms with E-state index in [2.05, 4.69) is 22.4 Å². The van der Waals surface area contributed by atoms with Crippen molar-refractivity contribution in [2.24, 2.45) is 5.92 Å². The fourth-order valence-electron chi connectivity index (χ4n) is 2.39. The third-order valence-electron chi connectivity index (χ3n) is 3.26. The van der Waals surface area contributed by atoms with Crippen molar-refractivity contribution in [2.45, 2.75) is 19.4 Å². The fourth-order valence-corrected chi connectivity index (χ4v) is 3.13. The minimum atomic E-state index is 0.193. The largest absolute Gasteiger partial charge is 0.349 e. The van der Waals surface area contributed by atoms with Gasteiger partial charge in [-0.15, -0.1) is 11.3 Å². The van der Waals surface area contributed by atoms with Crippen LogP contribution in [0.5, 0.6) is 0 Å². The van der Waals surface area contributed by atoms with E-state index in [9.17, 15) is 4.79 Å². The molecule has 1 amide bonds. The van der Waals surface area contributed by atoms with Crippen molar-refractivity contribution in [2.75, 3.05) is 27.2 Å². The predicted octanol–water partition coefficient (Wildman–Crippen LogP) is 2.05. The molecule has 0 bridgehead atoms. The molecule has 0 aromatic carbocycles. The van der Waals surface area contributed by atoms with E-state index in [1.807, 2.05) is 14.1 Å². The van der Waals surface area contributed by atoms with E-state index >= 15 is 0 Å². The van der Waals surface area contributed by atoms with Crippen LogP contribution in [0.4, 0.5) is 0 Å². The highest BCUT2D eigenvalue weighted by atomic mass is 32.1.